The van der Waals surface area contributed by atoms with E-state index in [9.17, 15) is 4.79 Å². The maximum Gasteiger partial charge on any atom is 0.407 e. The highest BCUT2D eigenvalue weighted by Gasteiger charge is 2.41. The molecule has 3 atom stereocenters. The van der Waals surface area contributed by atoms with E-state index in [1.165, 1.54) is 10.5 Å². The Morgan fingerprint density at radius 1 is 1.29 bits per heavy atom. The van der Waals surface area contributed by atoms with Crippen molar-refractivity contribution in [3.05, 3.63) is 29.8 Å². The zero-order chi connectivity index (χ0) is 15.0. The molecule has 1 fully saturated rings. The molecule has 1 aliphatic carbocycles. The van der Waals surface area contributed by atoms with Gasteiger partial charge in [-0.05, 0) is 38.8 Å². The summed E-state index contributed by atoms with van der Waals surface area (Å²) >= 11 is 1.89. The summed E-state index contributed by atoms with van der Waals surface area (Å²) in [6, 6.07) is 9.46. The summed E-state index contributed by atoms with van der Waals surface area (Å²) in [5.41, 5.74) is 0.938. The van der Waals surface area contributed by atoms with Gasteiger partial charge in [-0.2, -0.15) is 0 Å². The van der Waals surface area contributed by atoms with Gasteiger partial charge in [0.05, 0.1) is 0 Å². The minimum atomic E-state index is -0.442. The first-order valence-electron chi connectivity index (χ1n) is 7.40. The number of amides is 1. The Labute approximate surface area is 130 Å². The molecule has 4 nitrogen and oxygen atoms in total. The molecule has 2 aliphatic rings. The maximum absolute atomic E-state index is 11.7. The van der Waals surface area contributed by atoms with Crippen LogP contribution in [-0.2, 0) is 4.74 Å². The Hall–Kier alpha value is -1.20. The van der Waals surface area contributed by atoms with Crippen molar-refractivity contribution in [2.24, 2.45) is 0 Å². The van der Waals surface area contributed by atoms with Crippen molar-refractivity contribution < 1.29 is 9.53 Å². The number of hydrogen-bond acceptors (Lipinski definition) is 4. The van der Waals surface area contributed by atoms with Crippen molar-refractivity contribution in [1.82, 2.24) is 10.6 Å². The van der Waals surface area contributed by atoms with Crippen LogP contribution in [0.4, 0.5) is 4.79 Å². The van der Waals surface area contributed by atoms with Crippen molar-refractivity contribution in [2.75, 3.05) is 5.75 Å². The number of alkyl carbamates (subject to hydrolysis) is 1. The van der Waals surface area contributed by atoms with E-state index in [4.69, 9.17) is 4.74 Å². The van der Waals surface area contributed by atoms with Gasteiger partial charge in [0.15, 0.2) is 0 Å². The first-order chi connectivity index (χ1) is 9.92. The molecule has 3 unspecified atom stereocenters. The van der Waals surface area contributed by atoms with E-state index in [1.54, 1.807) is 0 Å². The number of ether oxygens (including phenoxy) is 1. The molecule has 1 aliphatic heterocycles. The lowest BCUT2D eigenvalue weighted by Gasteiger charge is -2.20. The third kappa shape index (κ3) is 3.71. The number of thioether (sulfide) groups is 1. The summed E-state index contributed by atoms with van der Waals surface area (Å²) in [6.45, 7) is 5.63. The van der Waals surface area contributed by atoms with E-state index in [1.807, 2.05) is 32.5 Å². The van der Waals surface area contributed by atoms with Crippen molar-refractivity contribution in [1.29, 1.82) is 0 Å². The Kier molecular flexibility index (Phi) is 3.88. The van der Waals surface area contributed by atoms with Gasteiger partial charge < -0.3 is 15.4 Å². The normalized spacial score (nSPS) is 27.1. The lowest BCUT2D eigenvalue weighted by Crippen LogP contribution is -2.37. The monoisotopic (exact) mass is 306 g/mol. The predicted octanol–water partition coefficient (Wildman–Crippen LogP) is 3.09. The maximum atomic E-state index is 11.7. The summed E-state index contributed by atoms with van der Waals surface area (Å²) in [4.78, 5) is 13.1. The Morgan fingerprint density at radius 3 is 2.81 bits per heavy atom. The zero-order valence-corrected chi connectivity index (χ0v) is 13.5. The second kappa shape index (κ2) is 5.54. The van der Waals surface area contributed by atoms with Crippen LogP contribution in [0.3, 0.4) is 0 Å². The molecule has 0 spiro atoms. The van der Waals surface area contributed by atoms with Gasteiger partial charge >= 0.3 is 6.09 Å². The van der Waals surface area contributed by atoms with E-state index in [-0.39, 0.29) is 12.1 Å². The summed E-state index contributed by atoms with van der Waals surface area (Å²) < 4.78 is 5.28. The standard InChI is InChI=1S/C16H22N2O2S/c1-16(2,3)20-15(19)18-12-8-11(12)17-13-9-21-14-7-5-4-6-10(13)14/h4-7,11-13,17H,8-9H2,1-3H3,(H,18,19). The third-order valence-corrected chi connectivity index (χ3v) is 4.79. The SMILES string of the molecule is CC(C)(C)OC(=O)NC1CC1NC1CSc2ccccc21. The zero-order valence-electron chi connectivity index (χ0n) is 12.7. The van der Waals surface area contributed by atoms with Crippen LogP contribution in [0.25, 0.3) is 0 Å². The lowest BCUT2D eigenvalue weighted by atomic mass is 10.1. The molecule has 0 saturated heterocycles. The molecular weight excluding hydrogens is 284 g/mol. The van der Waals surface area contributed by atoms with Crippen molar-refractivity contribution in [2.45, 2.75) is 55.8 Å². The van der Waals surface area contributed by atoms with Crippen molar-refractivity contribution in [3.8, 4) is 0 Å². The van der Waals surface area contributed by atoms with Gasteiger partial charge in [-0.3, -0.25) is 0 Å². The molecule has 1 aromatic carbocycles. The molecule has 1 heterocycles. The van der Waals surface area contributed by atoms with E-state index >= 15 is 0 Å². The average Bonchev–Trinajstić information content (AvgIpc) is 2.96. The van der Waals surface area contributed by atoms with Gasteiger partial charge in [0.25, 0.3) is 0 Å². The van der Waals surface area contributed by atoms with Crippen LogP contribution in [-0.4, -0.2) is 29.5 Å². The fraction of sp³-hybridized carbons (Fsp3) is 0.562. The molecule has 2 N–H and O–H groups in total. The first-order valence-corrected chi connectivity index (χ1v) is 8.38. The molecule has 5 heteroatoms. The summed E-state index contributed by atoms with van der Waals surface area (Å²) in [7, 11) is 0. The van der Waals surface area contributed by atoms with Crippen LogP contribution in [0.1, 0.15) is 38.8 Å². The fourth-order valence-electron chi connectivity index (χ4n) is 2.56. The van der Waals surface area contributed by atoms with E-state index in [0.29, 0.717) is 12.1 Å². The fourth-order valence-corrected chi connectivity index (χ4v) is 3.73. The number of hydrogen-bond donors (Lipinski definition) is 2. The quantitative estimate of drug-likeness (QED) is 0.901. The highest BCUT2D eigenvalue weighted by Crippen LogP contribution is 2.39. The minimum absolute atomic E-state index is 0.192. The van der Waals surface area contributed by atoms with Crippen LogP contribution < -0.4 is 10.6 Å². The Bertz CT molecular complexity index is 541. The van der Waals surface area contributed by atoms with Crippen LogP contribution in [0, 0.1) is 0 Å². The number of carbonyl (C=O) groups is 1. The number of benzene rings is 1. The van der Waals surface area contributed by atoms with Gasteiger partial charge in [0.2, 0.25) is 0 Å². The topological polar surface area (TPSA) is 50.4 Å². The lowest BCUT2D eigenvalue weighted by molar-refractivity contribution is 0.0522. The molecule has 1 saturated carbocycles. The number of nitrogens with one attached hydrogen (secondary N) is 2. The molecule has 0 bridgehead atoms. The number of carbonyl (C=O) groups excluding carboxylic acids is 1. The molecular formula is C16H22N2O2S. The van der Waals surface area contributed by atoms with E-state index in [0.717, 1.165) is 12.2 Å². The van der Waals surface area contributed by atoms with Crippen molar-refractivity contribution in [3.63, 3.8) is 0 Å². The van der Waals surface area contributed by atoms with E-state index < -0.39 is 5.60 Å². The second-order valence-electron chi connectivity index (χ2n) is 6.66. The molecule has 0 aromatic heterocycles. The van der Waals surface area contributed by atoms with E-state index in [2.05, 4.69) is 34.9 Å². The predicted molar refractivity (Wildman–Crippen MR) is 84.6 cm³/mol. The molecule has 1 amide bonds. The molecule has 0 radical (unpaired) electrons. The second-order valence-corrected chi connectivity index (χ2v) is 7.72. The molecule has 3 rings (SSSR count). The highest BCUT2D eigenvalue weighted by molar-refractivity contribution is 7.99. The molecule has 114 valence electrons. The summed E-state index contributed by atoms with van der Waals surface area (Å²) in [6.07, 6.45) is 0.653. The van der Waals surface area contributed by atoms with Gasteiger partial charge in [0.1, 0.15) is 5.60 Å². The van der Waals surface area contributed by atoms with Crippen LogP contribution in [0.5, 0.6) is 0 Å². The Balaban J connectivity index is 1.48. The average molecular weight is 306 g/mol. The summed E-state index contributed by atoms with van der Waals surface area (Å²) in [5.74, 6) is 1.06. The first kappa shape index (κ1) is 14.7. The van der Waals surface area contributed by atoms with Gasteiger partial charge in [-0.15, -0.1) is 11.8 Å². The van der Waals surface area contributed by atoms with Crippen LogP contribution >= 0.6 is 11.8 Å². The van der Waals surface area contributed by atoms with Gasteiger partial charge in [0, 0.05) is 28.8 Å². The van der Waals surface area contributed by atoms with Gasteiger partial charge in [-0.1, -0.05) is 18.2 Å². The third-order valence-electron chi connectivity index (χ3n) is 3.61. The smallest absolute Gasteiger partial charge is 0.407 e. The largest absolute Gasteiger partial charge is 0.444 e. The highest BCUT2D eigenvalue weighted by atomic mass is 32.2. The number of rotatable bonds is 3. The molecule has 21 heavy (non-hydrogen) atoms. The minimum Gasteiger partial charge on any atom is -0.444 e. The van der Waals surface area contributed by atoms with Crippen LogP contribution in [0.2, 0.25) is 0 Å². The van der Waals surface area contributed by atoms with Crippen LogP contribution in [0.15, 0.2) is 29.2 Å². The Morgan fingerprint density at radius 2 is 2.05 bits per heavy atom. The van der Waals surface area contributed by atoms with Gasteiger partial charge in [-0.25, -0.2) is 4.79 Å². The molecule has 1 aromatic rings. The summed E-state index contributed by atoms with van der Waals surface area (Å²) in [5, 5.41) is 6.56. The van der Waals surface area contributed by atoms with Crippen molar-refractivity contribution >= 4 is 17.9 Å². The number of fused-ring (bicyclic) bond motifs is 1.